The number of nitrogens with one attached hydrogen (secondary N) is 1. The van der Waals surface area contributed by atoms with Crippen LogP contribution in [0.1, 0.15) is 0 Å². The highest BCUT2D eigenvalue weighted by Crippen LogP contribution is 2.16. The van der Waals surface area contributed by atoms with Crippen molar-refractivity contribution in [3.8, 4) is 0 Å². The lowest BCUT2D eigenvalue weighted by atomic mass is 10.0. The molecule has 16 heavy (non-hydrogen) atoms. The topological polar surface area (TPSA) is 109 Å². The van der Waals surface area contributed by atoms with Crippen molar-refractivity contribution in [2.75, 3.05) is 26.4 Å². The molecule has 2 aliphatic heterocycles. The highest BCUT2D eigenvalue weighted by molar-refractivity contribution is 6.19. The third-order valence-electron chi connectivity index (χ3n) is 2.55. The van der Waals surface area contributed by atoms with Crippen molar-refractivity contribution in [3.63, 3.8) is 0 Å². The molecule has 0 aromatic heterocycles. The van der Waals surface area contributed by atoms with Crippen LogP contribution in [-0.4, -0.2) is 55.1 Å². The van der Waals surface area contributed by atoms with E-state index in [0.29, 0.717) is 18.9 Å². The summed E-state index contributed by atoms with van der Waals surface area (Å²) in [5.74, 6) is -0.270. The van der Waals surface area contributed by atoms with E-state index in [-0.39, 0.29) is 31.0 Å². The number of carbonyl (C=O) groups is 1. The van der Waals surface area contributed by atoms with Crippen LogP contribution in [0.3, 0.4) is 0 Å². The first-order valence-electron chi connectivity index (χ1n) is 5.11. The Bertz CT molecular complexity index is 353. The van der Waals surface area contributed by atoms with Crippen LogP contribution in [0.5, 0.6) is 0 Å². The number of rotatable bonds is 4. The van der Waals surface area contributed by atoms with Gasteiger partial charge in [0.1, 0.15) is 6.04 Å². The van der Waals surface area contributed by atoms with Crippen molar-refractivity contribution < 1.29 is 14.6 Å². The Kier molecular flexibility index (Phi) is 3.28. The van der Waals surface area contributed by atoms with Crippen molar-refractivity contribution in [1.29, 1.82) is 0 Å². The molecule has 1 amide bonds. The average Bonchev–Trinajstić information content (AvgIpc) is 2.62. The van der Waals surface area contributed by atoms with E-state index in [1.54, 1.807) is 0 Å². The number of carbonyl (C=O) groups excluding carboxylic acids is 1. The molecule has 0 radical (unpaired) electrons. The zero-order valence-corrected chi connectivity index (χ0v) is 8.72. The molecule has 0 aromatic rings. The Hall–Kier alpha value is -1.31. The van der Waals surface area contributed by atoms with Crippen LogP contribution in [0.4, 0.5) is 0 Å². The molecule has 7 heteroatoms. The number of amides is 1. The summed E-state index contributed by atoms with van der Waals surface area (Å²) >= 11 is 0. The number of aliphatic hydroxyl groups excluding tert-OH is 1. The maximum Gasteiger partial charge on any atom is 0.271 e. The van der Waals surface area contributed by atoms with Crippen molar-refractivity contribution in [2.24, 2.45) is 21.6 Å². The summed E-state index contributed by atoms with van der Waals surface area (Å²) in [5.41, 5.74) is 6.12. The summed E-state index contributed by atoms with van der Waals surface area (Å²) < 4.78 is 5.22. The van der Waals surface area contributed by atoms with Crippen LogP contribution in [0.15, 0.2) is 9.98 Å². The fraction of sp³-hybridized carbons (Fsp3) is 0.667. The van der Waals surface area contributed by atoms with Crippen LogP contribution in [0.25, 0.3) is 0 Å². The molecule has 0 bridgehead atoms. The number of hydrogen-bond donors (Lipinski definition) is 3. The largest absolute Gasteiger partial charge is 0.394 e. The second kappa shape index (κ2) is 4.69. The normalized spacial score (nSPS) is 28.7. The Balaban J connectivity index is 2.02. The summed E-state index contributed by atoms with van der Waals surface area (Å²) in [6.07, 6.45) is 0. The van der Waals surface area contributed by atoms with E-state index in [0.717, 1.165) is 0 Å². The SMILES string of the molecule is NC1=NC(=O)C2NCC(COCCO)C2=N1. The van der Waals surface area contributed by atoms with Gasteiger partial charge in [-0.1, -0.05) is 0 Å². The molecule has 0 aromatic carbocycles. The predicted molar refractivity (Wildman–Crippen MR) is 57.2 cm³/mol. The maximum absolute atomic E-state index is 11.5. The quantitative estimate of drug-likeness (QED) is 0.475. The zero-order chi connectivity index (χ0) is 11.5. The molecule has 2 atom stereocenters. The molecule has 7 nitrogen and oxygen atoms in total. The van der Waals surface area contributed by atoms with Gasteiger partial charge in [-0.2, -0.15) is 4.99 Å². The summed E-state index contributed by atoms with van der Waals surface area (Å²) in [7, 11) is 0. The molecule has 4 N–H and O–H groups in total. The van der Waals surface area contributed by atoms with Gasteiger partial charge in [0, 0.05) is 12.5 Å². The number of nitrogens with zero attached hydrogens (tertiary/aromatic N) is 2. The minimum atomic E-state index is -0.449. The van der Waals surface area contributed by atoms with E-state index >= 15 is 0 Å². The molecular formula is C9H14N4O3. The average molecular weight is 226 g/mol. The fourth-order valence-electron chi connectivity index (χ4n) is 1.84. The molecule has 1 fully saturated rings. The lowest BCUT2D eigenvalue weighted by molar-refractivity contribution is -0.118. The van der Waals surface area contributed by atoms with Gasteiger partial charge >= 0.3 is 0 Å². The van der Waals surface area contributed by atoms with Gasteiger partial charge in [-0.05, 0) is 0 Å². The second-order valence-electron chi connectivity index (χ2n) is 3.68. The van der Waals surface area contributed by atoms with E-state index < -0.39 is 6.04 Å². The molecule has 88 valence electrons. The molecule has 0 spiro atoms. The van der Waals surface area contributed by atoms with Gasteiger partial charge in [-0.15, -0.1) is 0 Å². The predicted octanol–water partition coefficient (Wildman–Crippen LogP) is -2.12. The number of hydrogen-bond acceptors (Lipinski definition) is 6. The highest BCUT2D eigenvalue weighted by Gasteiger charge is 2.38. The van der Waals surface area contributed by atoms with Crippen LogP contribution in [0.2, 0.25) is 0 Å². The van der Waals surface area contributed by atoms with E-state index in [1.807, 2.05) is 0 Å². The third-order valence-corrected chi connectivity index (χ3v) is 2.55. The fourth-order valence-corrected chi connectivity index (χ4v) is 1.84. The van der Waals surface area contributed by atoms with Gasteiger partial charge in [0.05, 0.1) is 25.5 Å². The Morgan fingerprint density at radius 1 is 1.56 bits per heavy atom. The Morgan fingerprint density at radius 2 is 2.38 bits per heavy atom. The van der Waals surface area contributed by atoms with E-state index in [1.165, 1.54) is 0 Å². The van der Waals surface area contributed by atoms with Crippen molar-refractivity contribution in [3.05, 3.63) is 0 Å². The molecule has 0 saturated carbocycles. The van der Waals surface area contributed by atoms with Gasteiger partial charge in [0.2, 0.25) is 5.96 Å². The van der Waals surface area contributed by atoms with Crippen molar-refractivity contribution >= 4 is 17.6 Å². The number of guanidine groups is 1. The van der Waals surface area contributed by atoms with Gasteiger partial charge in [0.15, 0.2) is 0 Å². The first kappa shape index (κ1) is 11.2. The van der Waals surface area contributed by atoms with Gasteiger partial charge in [-0.25, -0.2) is 4.99 Å². The standard InChI is InChI=1S/C9H14N4O3/c10-9-12-6-5(4-16-2-1-14)3-11-7(6)8(15)13-9/h5,7,11,14H,1-4H2,(H2,10,13,15). The number of nitrogens with two attached hydrogens (primary N) is 1. The minimum Gasteiger partial charge on any atom is -0.394 e. The van der Waals surface area contributed by atoms with Crippen molar-refractivity contribution in [1.82, 2.24) is 5.32 Å². The van der Waals surface area contributed by atoms with Gasteiger partial charge in [0.25, 0.3) is 5.91 Å². The van der Waals surface area contributed by atoms with Crippen LogP contribution in [0, 0.1) is 5.92 Å². The first-order valence-corrected chi connectivity index (χ1v) is 5.11. The molecule has 2 unspecified atom stereocenters. The number of fused-ring (bicyclic) bond motifs is 1. The summed E-state index contributed by atoms with van der Waals surface area (Å²) in [6.45, 7) is 1.30. The first-order chi connectivity index (χ1) is 7.72. The van der Waals surface area contributed by atoms with Crippen LogP contribution < -0.4 is 11.1 Å². The van der Waals surface area contributed by atoms with Gasteiger partial charge < -0.3 is 20.9 Å². The van der Waals surface area contributed by atoms with E-state index in [9.17, 15) is 4.79 Å². The summed E-state index contributed by atoms with van der Waals surface area (Å²) in [5, 5.41) is 11.6. The van der Waals surface area contributed by atoms with E-state index in [4.69, 9.17) is 15.6 Å². The minimum absolute atomic E-state index is 0.00658. The number of ether oxygens (including phenoxy) is 1. The summed E-state index contributed by atoms with van der Waals surface area (Å²) in [6, 6.07) is -0.449. The monoisotopic (exact) mass is 226 g/mol. The molecule has 0 aliphatic carbocycles. The Labute approximate surface area is 92.4 Å². The lowest BCUT2D eigenvalue weighted by Gasteiger charge is -2.15. The molecule has 2 aliphatic rings. The van der Waals surface area contributed by atoms with Gasteiger partial charge in [-0.3, -0.25) is 4.79 Å². The Morgan fingerprint density at radius 3 is 3.12 bits per heavy atom. The van der Waals surface area contributed by atoms with E-state index in [2.05, 4.69) is 15.3 Å². The molecule has 2 rings (SSSR count). The number of aliphatic hydroxyl groups is 1. The van der Waals surface area contributed by atoms with Crippen LogP contribution >= 0.6 is 0 Å². The molecule has 1 saturated heterocycles. The van der Waals surface area contributed by atoms with Crippen LogP contribution in [-0.2, 0) is 9.53 Å². The summed E-state index contributed by atoms with van der Waals surface area (Å²) in [4.78, 5) is 19.1. The zero-order valence-electron chi connectivity index (χ0n) is 8.72. The molecular weight excluding hydrogens is 212 g/mol. The molecule has 2 heterocycles. The highest BCUT2D eigenvalue weighted by atomic mass is 16.5. The number of aliphatic imine (C=N–C) groups is 2. The van der Waals surface area contributed by atoms with Crippen molar-refractivity contribution in [2.45, 2.75) is 6.04 Å². The lowest BCUT2D eigenvalue weighted by Crippen LogP contribution is -2.40. The smallest absolute Gasteiger partial charge is 0.271 e. The maximum atomic E-state index is 11.5. The second-order valence-corrected chi connectivity index (χ2v) is 3.68. The third kappa shape index (κ3) is 2.11.